The molecule has 5 heteroatoms. The summed E-state index contributed by atoms with van der Waals surface area (Å²) in [5.41, 5.74) is 1.84. The molecular formula is C19H22FN3O. The summed E-state index contributed by atoms with van der Waals surface area (Å²) >= 11 is 0. The maximum absolute atomic E-state index is 13.0. The SMILES string of the molecule is C[C@H](C(=O)Nc1ccccc1)N1CCN(c2ccc(F)cc2)CC1. The van der Waals surface area contributed by atoms with Crippen LogP contribution in [0.2, 0.25) is 0 Å². The number of benzene rings is 2. The number of nitrogens with zero attached hydrogens (tertiary/aromatic N) is 2. The monoisotopic (exact) mass is 327 g/mol. The first-order chi connectivity index (χ1) is 11.6. The summed E-state index contributed by atoms with van der Waals surface area (Å²) < 4.78 is 13.0. The fraction of sp³-hybridized carbons (Fsp3) is 0.316. The van der Waals surface area contributed by atoms with Crippen LogP contribution in [0.4, 0.5) is 15.8 Å². The van der Waals surface area contributed by atoms with E-state index >= 15 is 0 Å². The molecule has 3 rings (SSSR count). The molecule has 1 saturated heterocycles. The zero-order valence-corrected chi connectivity index (χ0v) is 13.8. The van der Waals surface area contributed by atoms with Crippen LogP contribution in [0, 0.1) is 5.82 Å². The molecule has 1 N–H and O–H groups in total. The highest BCUT2D eigenvalue weighted by Gasteiger charge is 2.25. The summed E-state index contributed by atoms with van der Waals surface area (Å²) in [6.45, 7) is 5.20. The van der Waals surface area contributed by atoms with Gasteiger partial charge in [0.25, 0.3) is 0 Å². The second kappa shape index (κ2) is 7.45. The molecule has 0 unspecified atom stereocenters. The van der Waals surface area contributed by atoms with E-state index in [4.69, 9.17) is 0 Å². The lowest BCUT2D eigenvalue weighted by Gasteiger charge is -2.38. The van der Waals surface area contributed by atoms with Crippen LogP contribution in [-0.4, -0.2) is 43.0 Å². The first-order valence-corrected chi connectivity index (χ1v) is 8.24. The molecule has 0 bridgehead atoms. The summed E-state index contributed by atoms with van der Waals surface area (Å²) in [6, 6.07) is 15.9. The average molecular weight is 327 g/mol. The van der Waals surface area contributed by atoms with Crippen molar-refractivity contribution in [1.82, 2.24) is 4.90 Å². The third kappa shape index (κ3) is 3.92. The van der Waals surface area contributed by atoms with E-state index in [1.54, 1.807) is 12.1 Å². The number of hydrogen-bond acceptors (Lipinski definition) is 3. The molecule has 2 aromatic carbocycles. The molecule has 1 heterocycles. The molecule has 0 saturated carbocycles. The van der Waals surface area contributed by atoms with Crippen molar-refractivity contribution in [3.8, 4) is 0 Å². The van der Waals surface area contributed by atoms with E-state index < -0.39 is 0 Å². The van der Waals surface area contributed by atoms with Gasteiger partial charge in [0.1, 0.15) is 5.82 Å². The van der Waals surface area contributed by atoms with Crippen molar-refractivity contribution in [2.45, 2.75) is 13.0 Å². The molecule has 1 aliphatic heterocycles. The molecule has 1 atom stereocenters. The summed E-state index contributed by atoms with van der Waals surface area (Å²) in [7, 11) is 0. The number of rotatable bonds is 4. The van der Waals surface area contributed by atoms with Gasteiger partial charge in [-0.15, -0.1) is 0 Å². The Morgan fingerprint density at radius 2 is 1.62 bits per heavy atom. The minimum atomic E-state index is -0.219. The summed E-state index contributed by atoms with van der Waals surface area (Å²) in [5, 5.41) is 2.95. The molecule has 0 aliphatic carbocycles. The maximum atomic E-state index is 13.0. The van der Waals surface area contributed by atoms with Crippen molar-refractivity contribution in [3.63, 3.8) is 0 Å². The molecule has 2 aromatic rings. The Labute approximate surface area is 141 Å². The second-order valence-electron chi connectivity index (χ2n) is 6.03. The number of nitrogens with one attached hydrogen (secondary N) is 1. The zero-order valence-electron chi connectivity index (χ0n) is 13.8. The Kier molecular flexibility index (Phi) is 5.11. The van der Waals surface area contributed by atoms with Crippen LogP contribution < -0.4 is 10.2 Å². The van der Waals surface area contributed by atoms with Crippen molar-refractivity contribution in [1.29, 1.82) is 0 Å². The molecule has 126 valence electrons. The highest BCUT2D eigenvalue weighted by atomic mass is 19.1. The van der Waals surface area contributed by atoms with E-state index in [1.165, 1.54) is 12.1 Å². The molecule has 0 radical (unpaired) electrons. The number of amides is 1. The maximum Gasteiger partial charge on any atom is 0.241 e. The minimum absolute atomic E-state index is 0.0106. The van der Waals surface area contributed by atoms with Crippen LogP contribution in [0.15, 0.2) is 54.6 Å². The van der Waals surface area contributed by atoms with E-state index in [9.17, 15) is 9.18 Å². The van der Waals surface area contributed by atoms with Crippen molar-refractivity contribution in [2.24, 2.45) is 0 Å². The van der Waals surface area contributed by atoms with E-state index in [1.807, 2.05) is 37.3 Å². The van der Waals surface area contributed by atoms with Gasteiger partial charge in [0, 0.05) is 37.6 Å². The van der Waals surface area contributed by atoms with Gasteiger partial charge in [0.05, 0.1) is 6.04 Å². The lowest BCUT2D eigenvalue weighted by atomic mass is 10.2. The number of carbonyl (C=O) groups excluding carboxylic acids is 1. The van der Waals surface area contributed by atoms with Crippen molar-refractivity contribution < 1.29 is 9.18 Å². The van der Waals surface area contributed by atoms with Gasteiger partial charge >= 0.3 is 0 Å². The Morgan fingerprint density at radius 3 is 2.25 bits per heavy atom. The third-order valence-corrected chi connectivity index (χ3v) is 4.47. The van der Waals surface area contributed by atoms with Gasteiger partial charge in [-0.05, 0) is 43.3 Å². The highest BCUT2D eigenvalue weighted by molar-refractivity contribution is 5.94. The van der Waals surface area contributed by atoms with Crippen molar-refractivity contribution >= 4 is 17.3 Å². The lowest BCUT2D eigenvalue weighted by molar-refractivity contribution is -0.120. The van der Waals surface area contributed by atoms with Gasteiger partial charge in [0.2, 0.25) is 5.91 Å². The largest absolute Gasteiger partial charge is 0.369 e. The second-order valence-corrected chi connectivity index (χ2v) is 6.03. The first kappa shape index (κ1) is 16.5. The molecule has 0 spiro atoms. The molecule has 1 aliphatic rings. The summed E-state index contributed by atoms with van der Waals surface area (Å²) in [4.78, 5) is 16.8. The van der Waals surface area contributed by atoms with Gasteiger partial charge in [0.15, 0.2) is 0 Å². The van der Waals surface area contributed by atoms with E-state index in [2.05, 4.69) is 15.1 Å². The van der Waals surface area contributed by atoms with Crippen LogP contribution in [-0.2, 0) is 4.79 Å². The smallest absolute Gasteiger partial charge is 0.241 e. The standard InChI is InChI=1S/C19H22FN3O/c1-15(19(24)21-17-5-3-2-4-6-17)22-11-13-23(14-12-22)18-9-7-16(20)8-10-18/h2-10,15H,11-14H2,1H3,(H,21,24)/t15-/m1/s1. The van der Waals surface area contributed by atoms with Crippen LogP contribution in [0.5, 0.6) is 0 Å². The van der Waals surface area contributed by atoms with Crippen LogP contribution in [0.1, 0.15) is 6.92 Å². The van der Waals surface area contributed by atoms with Gasteiger partial charge in [-0.3, -0.25) is 9.69 Å². The van der Waals surface area contributed by atoms with Crippen LogP contribution in [0.25, 0.3) is 0 Å². The topological polar surface area (TPSA) is 35.6 Å². The molecule has 1 amide bonds. The third-order valence-electron chi connectivity index (χ3n) is 4.47. The van der Waals surface area contributed by atoms with Gasteiger partial charge in [-0.1, -0.05) is 18.2 Å². The Bertz CT molecular complexity index is 667. The molecule has 1 fully saturated rings. The molecule has 24 heavy (non-hydrogen) atoms. The number of anilines is 2. The molecule has 0 aromatic heterocycles. The molecular weight excluding hydrogens is 305 g/mol. The molecule has 4 nitrogen and oxygen atoms in total. The highest BCUT2D eigenvalue weighted by Crippen LogP contribution is 2.18. The van der Waals surface area contributed by atoms with E-state index in [0.29, 0.717) is 0 Å². The summed E-state index contributed by atoms with van der Waals surface area (Å²) in [5.74, 6) is -0.208. The van der Waals surface area contributed by atoms with Gasteiger partial charge < -0.3 is 10.2 Å². The number of carbonyl (C=O) groups is 1. The predicted octanol–water partition coefficient (Wildman–Crippen LogP) is 2.97. The fourth-order valence-corrected chi connectivity index (χ4v) is 2.95. The average Bonchev–Trinajstić information content (AvgIpc) is 2.63. The number of para-hydroxylation sites is 1. The Hall–Kier alpha value is -2.40. The first-order valence-electron chi connectivity index (χ1n) is 8.24. The zero-order chi connectivity index (χ0) is 16.9. The van der Waals surface area contributed by atoms with Gasteiger partial charge in [-0.25, -0.2) is 4.39 Å². The number of piperazine rings is 1. The minimum Gasteiger partial charge on any atom is -0.369 e. The van der Waals surface area contributed by atoms with Crippen LogP contribution >= 0.6 is 0 Å². The number of halogens is 1. The normalized spacial score (nSPS) is 16.7. The predicted molar refractivity (Wildman–Crippen MR) is 94.7 cm³/mol. The summed E-state index contributed by atoms with van der Waals surface area (Å²) in [6.07, 6.45) is 0. The Balaban J connectivity index is 1.54. The van der Waals surface area contributed by atoms with Crippen molar-refractivity contribution in [3.05, 3.63) is 60.4 Å². The fourth-order valence-electron chi connectivity index (χ4n) is 2.95. The van der Waals surface area contributed by atoms with E-state index in [0.717, 1.165) is 37.6 Å². The quantitative estimate of drug-likeness (QED) is 0.938. The lowest BCUT2D eigenvalue weighted by Crippen LogP contribution is -2.52. The van der Waals surface area contributed by atoms with Crippen molar-refractivity contribution in [2.75, 3.05) is 36.4 Å². The number of hydrogen-bond donors (Lipinski definition) is 1. The van der Waals surface area contributed by atoms with Crippen LogP contribution in [0.3, 0.4) is 0 Å². The Morgan fingerprint density at radius 1 is 1.00 bits per heavy atom. The van der Waals surface area contributed by atoms with Gasteiger partial charge in [-0.2, -0.15) is 0 Å². The van der Waals surface area contributed by atoms with E-state index in [-0.39, 0.29) is 17.8 Å².